The van der Waals surface area contributed by atoms with E-state index >= 15 is 0 Å². The Bertz CT molecular complexity index is 223. The molecule has 2 unspecified atom stereocenters. The molecule has 0 heterocycles. The van der Waals surface area contributed by atoms with Gasteiger partial charge in [-0.1, -0.05) is 39.5 Å². The molecule has 2 heteroatoms. The van der Waals surface area contributed by atoms with Crippen molar-refractivity contribution in [3.63, 3.8) is 0 Å². The molecular formula is C16H32N2. The molecule has 0 aromatic rings. The second-order valence-corrected chi connectivity index (χ2v) is 6.49. The average Bonchev–Trinajstić information content (AvgIpc) is 2.88. The summed E-state index contributed by atoms with van der Waals surface area (Å²) in [5, 5.41) is 3.80. The van der Waals surface area contributed by atoms with Gasteiger partial charge in [-0.25, -0.2) is 0 Å². The van der Waals surface area contributed by atoms with Crippen molar-refractivity contribution >= 4 is 0 Å². The van der Waals surface area contributed by atoms with E-state index in [1.807, 2.05) is 0 Å². The van der Waals surface area contributed by atoms with Gasteiger partial charge in [0.25, 0.3) is 0 Å². The predicted octanol–water partition coefficient (Wildman–Crippen LogP) is 3.42. The summed E-state index contributed by atoms with van der Waals surface area (Å²) in [4.78, 5) is 2.70. The number of hydrogen-bond acceptors (Lipinski definition) is 2. The Kier molecular flexibility index (Phi) is 5.97. The van der Waals surface area contributed by atoms with Crippen molar-refractivity contribution in [3.8, 4) is 0 Å². The average molecular weight is 252 g/mol. The third kappa shape index (κ3) is 4.24. The number of likely N-dealkylation sites (N-methyl/N-ethyl adjacent to an activating group) is 1. The van der Waals surface area contributed by atoms with Crippen molar-refractivity contribution in [1.82, 2.24) is 10.2 Å². The molecule has 18 heavy (non-hydrogen) atoms. The maximum absolute atomic E-state index is 3.80. The molecular weight excluding hydrogens is 220 g/mol. The smallest absolute Gasteiger partial charge is 0.0110 e. The van der Waals surface area contributed by atoms with Gasteiger partial charge in [0.1, 0.15) is 0 Å². The van der Waals surface area contributed by atoms with Gasteiger partial charge in [0.15, 0.2) is 0 Å². The quantitative estimate of drug-likeness (QED) is 0.779. The summed E-state index contributed by atoms with van der Waals surface area (Å²) < 4.78 is 0. The Hall–Kier alpha value is -0.0800. The molecule has 0 bridgehead atoms. The van der Waals surface area contributed by atoms with Crippen LogP contribution in [0, 0.1) is 5.92 Å². The highest BCUT2D eigenvalue weighted by Crippen LogP contribution is 2.24. The first-order chi connectivity index (χ1) is 8.79. The van der Waals surface area contributed by atoms with Gasteiger partial charge in [0.05, 0.1) is 0 Å². The van der Waals surface area contributed by atoms with Gasteiger partial charge in [-0.3, -0.25) is 4.90 Å². The van der Waals surface area contributed by atoms with Crippen molar-refractivity contribution in [1.29, 1.82) is 0 Å². The number of nitrogens with zero attached hydrogens (tertiary/aromatic N) is 1. The Balaban J connectivity index is 1.63. The molecule has 0 amide bonds. The van der Waals surface area contributed by atoms with E-state index in [1.165, 1.54) is 71.0 Å². The fourth-order valence-corrected chi connectivity index (χ4v) is 3.90. The zero-order valence-electron chi connectivity index (χ0n) is 12.5. The zero-order valence-corrected chi connectivity index (χ0v) is 12.5. The Morgan fingerprint density at radius 2 is 1.83 bits per heavy atom. The molecule has 0 aromatic heterocycles. The van der Waals surface area contributed by atoms with Gasteiger partial charge in [-0.2, -0.15) is 0 Å². The molecule has 106 valence electrons. The standard InChI is InChI=1S/C16H32N2/c1-3-18(16-9-4-5-10-16)12-11-17-15-8-6-7-14(2)13-15/h14-17H,3-13H2,1-2H3. The minimum Gasteiger partial charge on any atom is -0.313 e. The summed E-state index contributed by atoms with van der Waals surface area (Å²) >= 11 is 0. The monoisotopic (exact) mass is 252 g/mol. The van der Waals surface area contributed by atoms with Crippen molar-refractivity contribution in [2.24, 2.45) is 5.92 Å². The number of hydrogen-bond donors (Lipinski definition) is 1. The normalized spacial score (nSPS) is 30.2. The van der Waals surface area contributed by atoms with Crippen LogP contribution < -0.4 is 5.32 Å². The van der Waals surface area contributed by atoms with Gasteiger partial charge in [-0.15, -0.1) is 0 Å². The fraction of sp³-hybridized carbons (Fsp3) is 1.00. The molecule has 2 atom stereocenters. The zero-order chi connectivity index (χ0) is 12.8. The molecule has 2 aliphatic carbocycles. The lowest BCUT2D eigenvalue weighted by molar-refractivity contribution is 0.201. The molecule has 2 aliphatic rings. The SMILES string of the molecule is CCN(CCNC1CCCC(C)C1)C1CCCC1. The van der Waals surface area contributed by atoms with Crippen LogP contribution in [0.2, 0.25) is 0 Å². The van der Waals surface area contributed by atoms with Gasteiger partial charge in [0.2, 0.25) is 0 Å². The van der Waals surface area contributed by atoms with E-state index in [9.17, 15) is 0 Å². The highest BCUT2D eigenvalue weighted by molar-refractivity contribution is 4.79. The molecule has 2 fully saturated rings. The highest BCUT2D eigenvalue weighted by Gasteiger charge is 2.22. The minimum atomic E-state index is 0.802. The second-order valence-electron chi connectivity index (χ2n) is 6.49. The Morgan fingerprint density at radius 1 is 1.06 bits per heavy atom. The lowest BCUT2D eigenvalue weighted by Crippen LogP contribution is -2.42. The van der Waals surface area contributed by atoms with E-state index < -0.39 is 0 Å². The molecule has 0 radical (unpaired) electrons. The first-order valence-electron chi connectivity index (χ1n) is 8.27. The van der Waals surface area contributed by atoms with Gasteiger partial charge < -0.3 is 5.32 Å². The van der Waals surface area contributed by atoms with Crippen molar-refractivity contribution in [2.75, 3.05) is 19.6 Å². The largest absolute Gasteiger partial charge is 0.313 e. The first-order valence-corrected chi connectivity index (χ1v) is 8.27. The van der Waals surface area contributed by atoms with Gasteiger partial charge in [-0.05, 0) is 38.1 Å². The van der Waals surface area contributed by atoms with E-state index in [1.54, 1.807) is 0 Å². The number of nitrogens with one attached hydrogen (secondary N) is 1. The summed E-state index contributed by atoms with van der Waals surface area (Å²) in [6, 6.07) is 1.69. The van der Waals surface area contributed by atoms with E-state index in [2.05, 4.69) is 24.1 Å². The topological polar surface area (TPSA) is 15.3 Å². The molecule has 0 spiro atoms. The molecule has 1 N–H and O–H groups in total. The van der Waals surface area contributed by atoms with Crippen LogP contribution in [0.5, 0.6) is 0 Å². The van der Waals surface area contributed by atoms with Crippen LogP contribution in [0.15, 0.2) is 0 Å². The maximum Gasteiger partial charge on any atom is 0.0110 e. The Morgan fingerprint density at radius 3 is 2.50 bits per heavy atom. The van der Waals surface area contributed by atoms with Crippen molar-refractivity contribution in [3.05, 3.63) is 0 Å². The summed E-state index contributed by atoms with van der Waals surface area (Å²) in [6.07, 6.45) is 11.5. The first kappa shape index (κ1) is 14.3. The third-order valence-electron chi connectivity index (χ3n) is 5.02. The summed E-state index contributed by atoms with van der Waals surface area (Å²) in [6.45, 7) is 8.41. The van der Waals surface area contributed by atoms with E-state index in [0.717, 1.165) is 18.0 Å². The predicted molar refractivity (Wildman–Crippen MR) is 78.9 cm³/mol. The summed E-state index contributed by atoms with van der Waals surface area (Å²) in [7, 11) is 0. The molecule has 2 nitrogen and oxygen atoms in total. The van der Waals surface area contributed by atoms with Crippen LogP contribution in [-0.4, -0.2) is 36.6 Å². The van der Waals surface area contributed by atoms with Gasteiger partial charge >= 0.3 is 0 Å². The molecule has 0 aromatic carbocycles. The molecule has 2 saturated carbocycles. The van der Waals surface area contributed by atoms with Crippen LogP contribution in [0.3, 0.4) is 0 Å². The molecule has 2 rings (SSSR count). The van der Waals surface area contributed by atoms with Crippen molar-refractivity contribution in [2.45, 2.75) is 77.3 Å². The fourth-order valence-electron chi connectivity index (χ4n) is 3.90. The number of rotatable bonds is 6. The van der Waals surface area contributed by atoms with E-state index in [0.29, 0.717) is 0 Å². The summed E-state index contributed by atoms with van der Waals surface area (Å²) in [5.74, 6) is 0.938. The minimum absolute atomic E-state index is 0.802. The highest BCUT2D eigenvalue weighted by atomic mass is 15.2. The van der Waals surface area contributed by atoms with Gasteiger partial charge in [0, 0.05) is 25.2 Å². The third-order valence-corrected chi connectivity index (χ3v) is 5.02. The Labute approximate surface area is 114 Å². The summed E-state index contributed by atoms with van der Waals surface area (Å²) in [5.41, 5.74) is 0. The van der Waals surface area contributed by atoms with Crippen LogP contribution >= 0.6 is 0 Å². The second kappa shape index (κ2) is 7.49. The van der Waals surface area contributed by atoms with Crippen molar-refractivity contribution < 1.29 is 0 Å². The van der Waals surface area contributed by atoms with E-state index in [4.69, 9.17) is 0 Å². The lowest BCUT2D eigenvalue weighted by Gasteiger charge is -2.31. The molecule has 0 aliphatic heterocycles. The van der Waals surface area contributed by atoms with Crippen LogP contribution in [-0.2, 0) is 0 Å². The molecule has 0 saturated heterocycles. The lowest BCUT2D eigenvalue weighted by atomic mass is 9.87. The van der Waals surface area contributed by atoms with Crippen LogP contribution in [0.1, 0.15) is 65.2 Å². The van der Waals surface area contributed by atoms with E-state index in [-0.39, 0.29) is 0 Å². The van der Waals surface area contributed by atoms with Crippen LogP contribution in [0.25, 0.3) is 0 Å². The maximum atomic E-state index is 3.80. The van der Waals surface area contributed by atoms with Crippen LogP contribution in [0.4, 0.5) is 0 Å².